The van der Waals surface area contributed by atoms with E-state index in [2.05, 4.69) is 10.5 Å². The van der Waals surface area contributed by atoms with Gasteiger partial charge in [0.15, 0.2) is 0 Å². The molecule has 0 aromatic rings. The highest BCUT2D eigenvalue weighted by Crippen LogP contribution is 2.38. The smallest absolute Gasteiger partial charge is 0.316 e. The second-order valence-corrected chi connectivity index (χ2v) is 11.4. The van der Waals surface area contributed by atoms with Gasteiger partial charge in [-0.15, -0.1) is 0 Å². The van der Waals surface area contributed by atoms with Crippen LogP contribution in [-0.2, 0) is 23.9 Å². The number of aliphatic hydroxyl groups excluding tert-OH is 1. The standard InChI is InChI=1S/C27H48N2O7/c1-10-21-27(8,33)24(31)17(4)22(29-36-20-11-12-28-14-20)15(2)13-26(7,34-9)19(6)16(3)23(30)18(5)25(32)35-21/h15-21,24,28,31,33H,10-14H2,1-9H3/b29-22+/t15-,16-,17+,18-,19-,20-,21-,24-,26-,27-/m1/s1. The summed E-state index contributed by atoms with van der Waals surface area (Å²) in [7, 11) is 1.62. The van der Waals surface area contributed by atoms with E-state index in [0.29, 0.717) is 18.7 Å². The lowest BCUT2D eigenvalue weighted by Crippen LogP contribution is -2.56. The van der Waals surface area contributed by atoms with Crippen molar-refractivity contribution in [3.05, 3.63) is 0 Å². The van der Waals surface area contributed by atoms with E-state index in [9.17, 15) is 19.8 Å². The Bertz CT molecular complexity index is 795. The Balaban J connectivity index is 2.57. The Hall–Kier alpha value is -1.55. The number of methoxy groups -OCH3 is 1. The summed E-state index contributed by atoms with van der Waals surface area (Å²) in [5.74, 6) is -3.45. The molecule has 208 valence electrons. The Morgan fingerprint density at radius 1 is 1.14 bits per heavy atom. The molecule has 3 N–H and O–H groups in total. The van der Waals surface area contributed by atoms with Crippen molar-refractivity contribution in [3.8, 4) is 0 Å². The third kappa shape index (κ3) is 6.47. The molecule has 2 heterocycles. The lowest BCUT2D eigenvalue weighted by molar-refractivity contribution is -0.187. The van der Waals surface area contributed by atoms with Crippen LogP contribution in [0.3, 0.4) is 0 Å². The molecule has 0 aromatic heterocycles. The first-order chi connectivity index (χ1) is 16.7. The van der Waals surface area contributed by atoms with Gasteiger partial charge in [0, 0.05) is 37.8 Å². The highest BCUT2D eigenvalue weighted by molar-refractivity contribution is 5.99. The van der Waals surface area contributed by atoms with Crippen LogP contribution in [0.2, 0.25) is 0 Å². The van der Waals surface area contributed by atoms with Gasteiger partial charge in [-0.3, -0.25) is 9.59 Å². The van der Waals surface area contributed by atoms with Gasteiger partial charge in [-0.1, -0.05) is 39.8 Å². The molecule has 0 aromatic carbocycles. The fourth-order valence-corrected chi connectivity index (χ4v) is 5.65. The summed E-state index contributed by atoms with van der Waals surface area (Å²) in [4.78, 5) is 32.1. The summed E-state index contributed by atoms with van der Waals surface area (Å²) in [6.45, 7) is 15.8. The Labute approximate surface area is 216 Å². The number of carbonyl (C=O) groups is 2. The zero-order valence-corrected chi connectivity index (χ0v) is 23.5. The second-order valence-electron chi connectivity index (χ2n) is 11.4. The molecule has 2 aliphatic rings. The van der Waals surface area contributed by atoms with Gasteiger partial charge < -0.3 is 29.8 Å². The summed E-state index contributed by atoms with van der Waals surface area (Å²) in [6.07, 6.45) is -0.779. The van der Waals surface area contributed by atoms with Crippen LogP contribution in [-0.4, -0.2) is 77.4 Å². The number of carbonyl (C=O) groups excluding carboxylic acids is 2. The van der Waals surface area contributed by atoms with E-state index in [1.54, 1.807) is 21.0 Å². The lowest BCUT2D eigenvalue weighted by Gasteiger charge is -2.43. The number of ketones is 1. The summed E-state index contributed by atoms with van der Waals surface area (Å²) in [5.41, 5.74) is -1.91. The number of aliphatic hydroxyl groups is 2. The average molecular weight is 513 g/mol. The zero-order chi connectivity index (χ0) is 27.4. The SMILES string of the molecule is CC[C@H]1OC(=O)[C@H](C)C(=O)[C@H](C)[C@@H](C)[C@](C)(OC)C[C@@H](C)/C(=N\O[C@@H]2CCNC2)[C@H](C)[C@@H](O)[C@]1(C)O. The largest absolute Gasteiger partial charge is 0.459 e. The topological polar surface area (TPSA) is 127 Å². The molecule has 2 fully saturated rings. The molecule has 0 saturated carbocycles. The molecule has 0 unspecified atom stereocenters. The Morgan fingerprint density at radius 2 is 1.78 bits per heavy atom. The van der Waals surface area contributed by atoms with E-state index in [4.69, 9.17) is 14.3 Å². The molecule has 0 aliphatic carbocycles. The maximum absolute atomic E-state index is 13.3. The fourth-order valence-electron chi connectivity index (χ4n) is 5.65. The highest BCUT2D eigenvalue weighted by Gasteiger charge is 2.48. The minimum atomic E-state index is -1.78. The van der Waals surface area contributed by atoms with Crippen LogP contribution in [0.1, 0.15) is 74.7 Å². The maximum atomic E-state index is 13.3. The molecule has 0 amide bonds. The first-order valence-electron chi connectivity index (χ1n) is 13.3. The number of cyclic esters (lactones) is 1. The zero-order valence-electron chi connectivity index (χ0n) is 23.5. The molecule has 36 heavy (non-hydrogen) atoms. The molecular formula is C27H48N2O7. The second kappa shape index (κ2) is 12.3. The van der Waals surface area contributed by atoms with Crippen LogP contribution >= 0.6 is 0 Å². The van der Waals surface area contributed by atoms with Crippen LogP contribution in [0.25, 0.3) is 0 Å². The summed E-state index contributed by atoms with van der Waals surface area (Å²) >= 11 is 0. The molecule has 9 heteroatoms. The highest BCUT2D eigenvalue weighted by atomic mass is 16.6. The van der Waals surface area contributed by atoms with E-state index < -0.39 is 47.1 Å². The van der Waals surface area contributed by atoms with Gasteiger partial charge in [0.1, 0.15) is 29.5 Å². The van der Waals surface area contributed by atoms with Gasteiger partial charge in [-0.05, 0) is 46.1 Å². The van der Waals surface area contributed by atoms with Crippen LogP contribution in [0, 0.1) is 29.6 Å². The molecule has 0 bridgehead atoms. The molecular weight excluding hydrogens is 464 g/mol. The number of rotatable bonds is 4. The molecule has 2 aliphatic heterocycles. The third-order valence-corrected chi connectivity index (χ3v) is 8.77. The number of oxime groups is 1. The van der Waals surface area contributed by atoms with Crippen molar-refractivity contribution < 1.29 is 34.1 Å². The number of ether oxygens (including phenoxy) is 2. The molecule has 0 radical (unpaired) electrons. The number of hydrogen-bond donors (Lipinski definition) is 3. The van der Waals surface area contributed by atoms with Gasteiger partial charge in [-0.25, -0.2) is 0 Å². The first-order valence-corrected chi connectivity index (χ1v) is 13.3. The number of hydrogen-bond acceptors (Lipinski definition) is 9. The van der Waals surface area contributed by atoms with E-state index in [0.717, 1.165) is 13.0 Å². The summed E-state index contributed by atoms with van der Waals surface area (Å²) in [6, 6.07) is 0. The molecule has 0 spiro atoms. The normalized spacial score (nSPS) is 44.8. The van der Waals surface area contributed by atoms with Crippen LogP contribution < -0.4 is 5.32 Å². The van der Waals surface area contributed by atoms with Gasteiger partial charge in [0.25, 0.3) is 0 Å². The van der Waals surface area contributed by atoms with Crippen molar-refractivity contribution in [2.24, 2.45) is 34.7 Å². The fraction of sp³-hybridized carbons (Fsp3) is 0.889. The lowest BCUT2D eigenvalue weighted by atomic mass is 9.71. The predicted molar refractivity (Wildman–Crippen MR) is 137 cm³/mol. The van der Waals surface area contributed by atoms with E-state index in [-0.39, 0.29) is 30.1 Å². The Kier molecular flexibility index (Phi) is 10.5. The van der Waals surface area contributed by atoms with Crippen molar-refractivity contribution in [1.82, 2.24) is 5.32 Å². The average Bonchev–Trinajstić information content (AvgIpc) is 3.37. The van der Waals surface area contributed by atoms with Gasteiger partial charge in [0.05, 0.1) is 17.4 Å². The van der Waals surface area contributed by atoms with Gasteiger partial charge in [0.2, 0.25) is 0 Å². The van der Waals surface area contributed by atoms with Crippen LogP contribution in [0.4, 0.5) is 0 Å². The van der Waals surface area contributed by atoms with Gasteiger partial charge >= 0.3 is 5.97 Å². The third-order valence-electron chi connectivity index (χ3n) is 8.77. The number of esters is 1. The quantitative estimate of drug-likeness (QED) is 0.298. The number of nitrogens with one attached hydrogen (secondary N) is 1. The Morgan fingerprint density at radius 3 is 2.31 bits per heavy atom. The van der Waals surface area contributed by atoms with Crippen molar-refractivity contribution >= 4 is 17.5 Å². The number of nitrogens with zero attached hydrogens (tertiary/aromatic N) is 1. The monoisotopic (exact) mass is 512 g/mol. The van der Waals surface area contributed by atoms with Gasteiger partial charge in [-0.2, -0.15) is 0 Å². The van der Waals surface area contributed by atoms with Crippen molar-refractivity contribution in [2.75, 3.05) is 20.2 Å². The molecule has 10 atom stereocenters. The van der Waals surface area contributed by atoms with Crippen molar-refractivity contribution in [3.63, 3.8) is 0 Å². The van der Waals surface area contributed by atoms with E-state index >= 15 is 0 Å². The van der Waals surface area contributed by atoms with E-state index in [1.807, 2.05) is 27.7 Å². The number of Topliss-reactive ketones (excluding diaryl/α,β-unsaturated/α-hetero) is 1. The summed E-state index contributed by atoms with van der Waals surface area (Å²) < 4.78 is 11.6. The summed E-state index contributed by atoms with van der Waals surface area (Å²) in [5, 5.41) is 30.6. The van der Waals surface area contributed by atoms with Crippen LogP contribution in [0.5, 0.6) is 0 Å². The van der Waals surface area contributed by atoms with Crippen LogP contribution in [0.15, 0.2) is 5.16 Å². The minimum Gasteiger partial charge on any atom is -0.459 e. The maximum Gasteiger partial charge on any atom is 0.316 e. The van der Waals surface area contributed by atoms with Crippen molar-refractivity contribution in [2.45, 2.75) is 104 Å². The van der Waals surface area contributed by atoms with E-state index in [1.165, 1.54) is 13.8 Å². The molecule has 2 saturated heterocycles. The molecule has 2 rings (SSSR count). The first kappa shape index (κ1) is 30.7. The van der Waals surface area contributed by atoms with Crippen molar-refractivity contribution in [1.29, 1.82) is 0 Å². The predicted octanol–water partition coefficient (Wildman–Crippen LogP) is 2.71. The molecule has 9 nitrogen and oxygen atoms in total. The minimum absolute atomic E-state index is 0.0705.